The van der Waals surface area contributed by atoms with E-state index in [2.05, 4.69) is 37.6 Å². The van der Waals surface area contributed by atoms with Gasteiger partial charge in [0, 0.05) is 5.69 Å². The molecule has 0 saturated carbocycles. The molecule has 2 heteroatoms. The maximum absolute atomic E-state index is 5.68. The van der Waals surface area contributed by atoms with Gasteiger partial charge in [0.15, 0.2) is 0 Å². The smallest absolute Gasteiger partial charge is 0.135 e. The summed E-state index contributed by atoms with van der Waals surface area (Å²) in [6.07, 6.45) is 5.26. The van der Waals surface area contributed by atoms with Gasteiger partial charge in [0.1, 0.15) is 5.76 Å². The number of aromatic nitrogens is 1. The van der Waals surface area contributed by atoms with Gasteiger partial charge in [-0.3, -0.25) is 0 Å². The molecule has 1 N–H and O–H groups in total. The fourth-order valence-corrected chi connectivity index (χ4v) is 1.45. The van der Waals surface area contributed by atoms with Crippen LogP contribution in [0.5, 0.6) is 0 Å². The summed E-state index contributed by atoms with van der Waals surface area (Å²) in [5.41, 5.74) is 3.29. The summed E-state index contributed by atoms with van der Waals surface area (Å²) in [5.74, 6) is 0.716. The summed E-state index contributed by atoms with van der Waals surface area (Å²) in [5, 5.41) is 0. The van der Waals surface area contributed by atoms with Gasteiger partial charge in [-0.2, -0.15) is 0 Å². The summed E-state index contributed by atoms with van der Waals surface area (Å²) in [7, 11) is 0. The second-order valence-electron chi connectivity index (χ2n) is 4.04. The first kappa shape index (κ1) is 12.6. The molecule has 1 unspecified atom stereocenters. The molecule has 0 aliphatic rings. The number of nitrogens with one attached hydrogen (secondary N) is 1. The highest BCUT2D eigenvalue weighted by Crippen LogP contribution is 2.20. The molecule has 0 saturated heterocycles. The van der Waals surface area contributed by atoms with Crippen molar-refractivity contribution in [3.63, 3.8) is 0 Å². The number of allylic oxidation sites excluding steroid dienone is 1. The highest BCUT2D eigenvalue weighted by atomic mass is 16.5. The van der Waals surface area contributed by atoms with Crippen LogP contribution in [0.25, 0.3) is 11.8 Å². The van der Waals surface area contributed by atoms with E-state index in [0.29, 0.717) is 5.76 Å². The van der Waals surface area contributed by atoms with Crippen molar-refractivity contribution >= 4 is 11.8 Å². The normalized spacial score (nSPS) is 13.0. The molecule has 1 aromatic rings. The first-order valence-electron chi connectivity index (χ1n) is 5.76. The second kappa shape index (κ2) is 5.59. The molecule has 88 valence electrons. The first-order chi connectivity index (χ1) is 7.58. The quantitative estimate of drug-likeness (QED) is 0.740. The average molecular weight is 219 g/mol. The maximum atomic E-state index is 5.68. The predicted molar refractivity (Wildman–Crippen MR) is 70.1 cm³/mol. The molecule has 1 rings (SSSR count). The average Bonchev–Trinajstić information content (AvgIpc) is 2.61. The standard InChI is InChI=1S/C14H21NO/c1-6-8-13-10(3)9-14(15-13)12(5)16-11(4)7-2/h6,8-9,11,15H,5,7H2,1-4H3/b8-6-. The molecule has 16 heavy (non-hydrogen) atoms. The lowest BCUT2D eigenvalue weighted by Crippen LogP contribution is -2.04. The number of rotatable bonds is 5. The number of hydrogen-bond acceptors (Lipinski definition) is 1. The minimum Gasteiger partial charge on any atom is -0.489 e. The van der Waals surface area contributed by atoms with Crippen molar-refractivity contribution in [2.75, 3.05) is 0 Å². The predicted octanol–water partition coefficient (Wildman–Crippen LogP) is 4.14. The monoisotopic (exact) mass is 219 g/mol. The molecule has 0 aliphatic carbocycles. The highest BCUT2D eigenvalue weighted by molar-refractivity contribution is 5.60. The number of aryl methyl sites for hydroxylation is 1. The Balaban J connectivity index is 2.80. The van der Waals surface area contributed by atoms with Crippen molar-refractivity contribution in [2.45, 2.75) is 40.2 Å². The van der Waals surface area contributed by atoms with E-state index in [4.69, 9.17) is 4.74 Å². The van der Waals surface area contributed by atoms with E-state index in [9.17, 15) is 0 Å². The van der Waals surface area contributed by atoms with Crippen molar-refractivity contribution in [1.82, 2.24) is 4.98 Å². The van der Waals surface area contributed by atoms with Crippen LogP contribution in [0.4, 0.5) is 0 Å². The van der Waals surface area contributed by atoms with Crippen LogP contribution in [0.3, 0.4) is 0 Å². The Morgan fingerprint density at radius 1 is 1.62 bits per heavy atom. The van der Waals surface area contributed by atoms with Gasteiger partial charge < -0.3 is 9.72 Å². The van der Waals surface area contributed by atoms with Crippen molar-refractivity contribution in [2.24, 2.45) is 0 Å². The van der Waals surface area contributed by atoms with Gasteiger partial charge in [-0.25, -0.2) is 0 Å². The molecule has 0 fully saturated rings. The number of ether oxygens (including phenoxy) is 1. The molecule has 0 aromatic carbocycles. The number of hydrogen-bond donors (Lipinski definition) is 1. The van der Waals surface area contributed by atoms with Crippen molar-refractivity contribution in [3.8, 4) is 0 Å². The van der Waals surface area contributed by atoms with Crippen LogP contribution in [0.2, 0.25) is 0 Å². The van der Waals surface area contributed by atoms with Gasteiger partial charge in [-0.1, -0.05) is 19.6 Å². The lowest BCUT2D eigenvalue weighted by molar-refractivity contribution is 0.181. The van der Waals surface area contributed by atoms with Gasteiger partial charge >= 0.3 is 0 Å². The van der Waals surface area contributed by atoms with Crippen LogP contribution in [-0.4, -0.2) is 11.1 Å². The fraction of sp³-hybridized carbons (Fsp3) is 0.429. The summed E-state index contributed by atoms with van der Waals surface area (Å²) < 4.78 is 5.68. The molecule has 0 amide bonds. The van der Waals surface area contributed by atoms with Crippen LogP contribution >= 0.6 is 0 Å². The Kier molecular flexibility index (Phi) is 4.41. The molecule has 1 aromatic heterocycles. The SMILES string of the molecule is C=C(OC(C)CC)c1cc(C)c(/C=C\C)[nH]1. The van der Waals surface area contributed by atoms with E-state index in [-0.39, 0.29) is 6.10 Å². The Morgan fingerprint density at radius 2 is 2.31 bits per heavy atom. The molecule has 0 bridgehead atoms. The Morgan fingerprint density at radius 3 is 2.88 bits per heavy atom. The molecular weight excluding hydrogens is 198 g/mol. The van der Waals surface area contributed by atoms with Gasteiger partial charge in [0.2, 0.25) is 0 Å². The van der Waals surface area contributed by atoms with E-state index in [1.807, 2.05) is 19.9 Å². The van der Waals surface area contributed by atoms with Crippen molar-refractivity contribution in [3.05, 3.63) is 35.7 Å². The Bertz CT molecular complexity index is 387. The molecule has 2 nitrogen and oxygen atoms in total. The largest absolute Gasteiger partial charge is 0.489 e. The summed E-state index contributed by atoms with van der Waals surface area (Å²) in [4.78, 5) is 3.30. The van der Waals surface area contributed by atoms with Gasteiger partial charge in [-0.05, 0) is 44.9 Å². The lowest BCUT2D eigenvalue weighted by Gasteiger charge is -2.13. The molecule has 0 aliphatic heterocycles. The van der Waals surface area contributed by atoms with Crippen molar-refractivity contribution < 1.29 is 4.74 Å². The third-order valence-corrected chi connectivity index (χ3v) is 2.61. The van der Waals surface area contributed by atoms with E-state index < -0.39 is 0 Å². The molecule has 0 radical (unpaired) electrons. The van der Waals surface area contributed by atoms with E-state index >= 15 is 0 Å². The molecular formula is C14H21NO. The maximum Gasteiger partial charge on any atom is 0.135 e. The van der Waals surface area contributed by atoms with Gasteiger partial charge in [0.05, 0.1) is 11.8 Å². The zero-order valence-corrected chi connectivity index (χ0v) is 10.6. The first-order valence-corrected chi connectivity index (χ1v) is 5.76. The lowest BCUT2D eigenvalue weighted by atomic mass is 10.2. The molecule has 1 heterocycles. The fourth-order valence-electron chi connectivity index (χ4n) is 1.45. The van der Waals surface area contributed by atoms with Crippen molar-refractivity contribution in [1.29, 1.82) is 0 Å². The van der Waals surface area contributed by atoms with Gasteiger partial charge in [0.25, 0.3) is 0 Å². The van der Waals surface area contributed by atoms with E-state index in [0.717, 1.165) is 17.8 Å². The van der Waals surface area contributed by atoms with Gasteiger partial charge in [-0.15, -0.1) is 0 Å². The molecule has 0 spiro atoms. The number of aromatic amines is 1. The Hall–Kier alpha value is -1.44. The van der Waals surface area contributed by atoms with Crippen LogP contribution in [-0.2, 0) is 4.74 Å². The Labute approximate surface area is 98.0 Å². The minimum atomic E-state index is 0.210. The molecule has 1 atom stereocenters. The van der Waals surface area contributed by atoms with Crippen LogP contribution in [0.1, 0.15) is 44.1 Å². The van der Waals surface area contributed by atoms with Crippen LogP contribution < -0.4 is 0 Å². The second-order valence-corrected chi connectivity index (χ2v) is 4.04. The highest BCUT2D eigenvalue weighted by Gasteiger charge is 2.08. The van der Waals surface area contributed by atoms with E-state index in [1.165, 1.54) is 5.56 Å². The van der Waals surface area contributed by atoms with E-state index in [1.54, 1.807) is 0 Å². The zero-order valence-electron chi connectivity index (χ0n) is 10.6. The zero-order chi connectivity index (χ0) is 12.1. The number of H-pyrrole nitrogens is 1. The van der Waals surface area contributed by atoms with Crippen LogP contribution in [0, 0.1) is 6.92 Å². The summed E-state index contributed by atoms with van der Waals surface area (Å²) in [6.45, 7) is 12.2. The third kappa shape index (κ3) is 3.02. The summed E-state index contributed by atoms with van der Waals surface area (Å²) >= 11 is 0. The third-order valence-electron chi connectivity index (χ3n) is 2.61. The topological polar surface area (TPSA) is 25.0 Å². The van der Waals surface area contributed by atoms with Crippen LogP contribution in [0.15, 0.2) is 18.7 Å². The minimum absolute atomic E-state index is 0.210. The summed E-state index contributed by atoms with van der Waals surface area (Å²) in [6, 6.07) is 2.07.